The first-order valence-corrected chi connectivity index (χ1v) is 9.94. The first-order chi connectivity index (χ1) is 12.2. The van der Waals surface area contributed by atoms with Gasteiger partial charge in [0.25, 0.3) is 5.91 Å². The summed E-state index contributed by atoms with van der Waals surface area (Å²) in [5, 5.41) is 5.76. The number of carbonyl (C=O) groups excluding carboxylic acids is 1. The fourth-order valence-electron chi connectivity index (χ4n) is 3.12. The Morgan fingerprint density at radius 3 is 2.92 bits per heavy atom. The van der Waals surface area contributed by atoms with Gasteiger partial charge in [0.05, 0.1) is 4.88 Å². The monoisotopic (exact) mass is 379 g/mol. The lowest BCUT2D eigenvalue weighted by Gasteiger charge is -2.21. The van der Waals surface area contributed by atoms with E-state index < -0.39 is 0 Å². The van der Waals surface area contributed by atoms with E-state index in [9.17, 15) is 4.79 Å². The summed E-state index contributed by atoms with van der Waals surface area (Å²) in [6.45, 7) is 3.48. The van der Waals surface area contributed by atoms with Crippen LogP contribution in [0, 0.1) is 0 Å². The Hall–Kier alpha value is -1.40. The Labute approximate surface area is 157 Å². The van der Waals surface area contributed by atoms with Gasteiger partial charge in [-0.2, -0.15) is 0 Å². The number of halogens is 1. The zero-order chi connectivity index (χ0) is 17.5. The van der Waals surface area contributed by atoms with Crippen molar-refractivity contribution in [3.63, 3.8) is 0 Å². The van der Waals surface area contributed by atoms with Gasteiger partial charge in [-0.3, -0.25) is 4.79 Å². The number of hydrogen-bond donors (Lipinski definition) is 2. The van der Waals surface area contributed by atoms with E-state index in [0.717, 1.165) is 38.1 Å². The standard InChI is InChI=1S/C19H23ClN2O2S/c20-18-8-2-1-5-15(18)11-21-19(23)14-22(12-16-6-3-9-24-16)13-17-7-4-10-25-17/h1-2,4-5,7-8,10,16H,3,6,9,11-14H2,(H,21,23)/p+1/t16-/m1/s1. The molecule has 0 spiro atoms. The highest BCUT2D eigenvalue weighted by Crippen LogP contribution is 2.14. The first kappa shape index (κ1) is 18.4. The molecule has 1 aliphatic rings. The minimum atomic E-state index is 0.0458. The highest BCUT2D eigenvalue weighted by Gasteiger charge is 2.24. The second kappa shape index (κ2) is 9.34. The molecule has 1 aliphatic heterocycles. The van der Waals surface area contributed by atoms with E-state index in [-0.39, 0.29) is 12.0 Å². The smallest absolute Gasteiger partial charge is 0.275 e. The van der Waals surface area contributed by atoms with E-state index in [4.69, 9.17) is 16.3 Å². The van der Waals surface area contributed by atoms with Crippen molar-refractivity contribution in [1.82, 2.24) is 5.32 Å². The van der Waals surface area contributed by atoms with Gasteiger partial charge < -0.3 is 15.0 Å². The Balaban J connectivity index is 1.54. The molecular weight excluding hydrogens is 356 g/mol. The molecule has 2 aromatic rings. The van der Waals surface area contributed by atoms with Gasteiger partial charge in [0.15, 0.2) is 6.54 Å². The van der Waals surface area contributed by atoms with Crippen LogP contribution in [-0.4, -0.2) is 31.7 Å². The number of ether oxygens (including phenoxy) is 1. The number of nitrogens with one attached hydrogen (secondary N) is 2. The first-order valence-electron chi connectivity index (χ1n) is 8.68. The van der Waals surface area contributed by atoms with Crippen LogP contribution >= 0.6 is 22.9 Å². The zero-order valence-corrected chi connectivity index (χ0v) is 15.7. The van der Waals surface area contributed by atoms with Crippen molar-refractivity contribution in [1.29, 1.82) is 0 Å². The van der Waals surface area contributed by atoms with Crippen LogP contribution in [0.1, 0.15) is 23.3 Å². The van der Waals surface area contributed by atoms with E-state index in [1.807, 2.05) is 24.3 Å². The quantitative estimate of drug-likeness (QED) is 0.739. The minimum absolute atomic E-state index is 0.0458. The molecule has 1 fully saturated rings. The van der Waals surface area contributed by atoms with Crippen molar-refractivity contribution < 1.29 is 14.4 Å². The molecule has 4 nitrogen and oxygen atoms in total. The van der Waals surface area contributed by atoms with Crippen molar-refractivity contribution in [2.75, 3.05) is 19.7 Å². The van der Waals surface area contributed by atoms with E-state index in [1.54, 1.807) is 11.3 Å². The van der Waals surface area contributed by atoms with Gasteiger partial charge in [0.1, 0.15) is 19.2 Å². The number of rotatable bonds is 8. The molecule has 25 heavy (non-hydrogen) atoms. The third-order valence-electron chi connectivity index (χ3n) is 4.39. The molecule has 2 heterocycles. The lowest BCUT2D eigenvalue weighted by molar-refractivity contribution is -0.908. The predicted octanol–water partition coefficient (Wildman–Crippen LogP) is 2.28. The summed E-state index contributed by atoms with van der Waals surface area (Å²) in [6.07, 6.45) is 2.48. The number of hydrogen-bond acceptors (Lipinski definition) is 3. The molecule has 6 heteroatoms. The number of thiophene rings is 1. The van der Waals surface area contributed by atoms with Crippen molar-refractivity contribution in [3.8, 4) is 0 Å². The van der Waals surface area contributed by atoms with Crippen LogP contribution in [0.4, 0.5) is 0 Å². The molecule has 2 N–H and O–H groups in total. The second-order valence-corrected chi connectivity index (χ2v) is 7.83. The maximum Gasteiger partial charge on any atom is 0.275 e. The van der Waals surface area contributed by atoms with Crippen LogP contribution in [0.25, 0.3) is 0 Å². The summed E-state index contributed by atoms with van der Waals surface area (Å²) in [4.78, 5) is 15.0. The average Bonchev–Trinajstić information content (AvgIpc) is 3.28. The highest BCUT2D eigenvalue weighted by molar-refractivity contribution is 7.09. The van der Waals surface area contributed by atoms with E-state index in [2.05, 4.69) is 22.8 Å². The average molecular weight is 380 g/mol. The van der Waals surface area contributed by atoms with Crippen LogP contribution in [0.15, 0.2) is 41.8 Å². The third-order valence-corrected chi connectivity index (χ3v) is 5.63. The van der Waals surface area contributed by atoms with Crippen LogP contribution in [-0.2, 0) is 22.6 Å². The molecule has 1 saturated heterocycles. The highest BCUT2D eigenvalue weighted by atomic mass is 35.5. The van der Waals surface area contributed by atoms with E-state index in [1.165, 1.54) is 9.78 Å². The Kier molecular flexibility index (Phi) is 6.87. The normalized spacial score (nSPS) is 18.2. The van der Waals surface area contributed by atoms with Gasteiger partial charge in [-0.05, 0) is 35.9 Å². The topological polar surface area (TPSA) is 42.8 Å². The Bertz CT molecular complexity index is 672. The molecule has 0 bridgehead atoms. The van der Waals surface area contributed by atoms with Gasteiger partial charge in [0, 0.05) is 18.2 Å². The molecular formula is C19H24ClN2O2S+. The van der Waals surface area contributed by atoms with E-state index in [0.29, 0.717) is 18.1 Å². The Morgan fingerprint density at radius 2 is 2.20 bits per heavy atom. The summed E-state index contributed by atoms with van der Waals surface area (Å²) in [5.74, 6) is 0.0458. The molecule has 0 radical (unpaired) electrons. The molecule has 1 aromatic heterocycles. The molecule has 3 rings (SSSR count). The summed E-state index contributed by atoms with van der Waals surface area (Å²) in [7, 11) is 0. The van der Waals surface area contributed by atoms with Crippen molar-refractivity contribution in [2.45, 2.75) is 32.0 Å². The maximum absolute atomic E-state index is 12.4. The van der Waals surface area contributed by atoms with Gasteiger partial charge in [-0.1, -0.05) is 35.9 Å². The second-order valence-electron chi connectivity index (χ2n) is 6.39. The lowest BCUT2D eigenvalue weighted by atomic mass is 10.2. The number of amides is 1. The summed E-state index contributed by atoms with van der Waals surface area (Å²) < 4.78 is 5.76. The lowest BCUT2D eigenvalue weighted by Crippen LogP contribution is -3.13. The van der Waals surface area contributed by atoms with Crippen LogP contribution in [0.5, 0.6) is 0 Å². The molecule has 2 atom stereocenters. The summed E-state index contributed by atoms with van der Waals surface area (Å²) in [5.41, 5.74) is 0.941. The zero-order valence-electron chi connectivity index (χ0n) is 14.2. The van der Waals surface area contributed by atoms with Crippen LogP contribution in [0.2, 0.25) is 5.02 Å². The maximum atomic E-state index is 12.4. The van der Waals surface area contributed by atoms with Gasteiger partial charge in [-0.25, -0.2) is 0 Å². The van der Waals surface area contributed by atoms with Crippen LogP contribution in [0.3, 0.4) is 0 Å². The molecule has 1 unspecified atom stereocenters. The molecule has 0 aliphatic carbocycles. The number of benzene rings is 1. The minimum Gasteiger partial charge on any atom is -0.372 e. The molecule has 1 aromatic carbocycles. The fraction of sp³-hybridized carbons (Fsp3) is 0.421. The fourth-order valence-corrected chi connectivity index (χ4v) is 4.10. The van der Waals surface area contributed by atoms with Crippen molar-refractivity contribution in [2.24, 2.45) is 0 Å². The van der Waals surface area contributed by atoms with Gasteiger partial charge >= 0.3 is 0 Å². The summed E-state index contributed by atoms with van der Waals surface area (Å²) >= 11 is 7.89. The molecule has 134 valence electrons. The number of quaternary nitrogens is 1. The predicted molar refractivity (Wildman–Crippen MR) is 101 cm³/mol. The number of carbonyl (C=O) groups is 1. The molecule has 1 amide bonds. The van der Waals surface area contributed by atoms with Crippen molar-refractivity contribution in [3.05, 3.63) is 57.2 Å². The third kappa shape index (κ3) is 5.82. The summed E-state index contributed by atoms with van der Waals surface area (Å²) in [6, 6.07) is 11.8. The SMILES string of the molecule is O=C(C[NH+](Cc1cccs1)C[C@H]1CCCO1)NCc1ccccc1Cl. The molecule has 0 saturated carbocycles. The largest absolute Gasteiger partial charge is 0.372 e. The Morgan fingerprint density at radius 1 is 1.32 bits per heavy atom. The van der Waals surface area contributed by atoms with Crippen molar-refractivity contribution >= 4 is 28.8 Å². The van der Waals surface area contributed by atoms with Crippen LogP contribution < -0.4 is 10.2 Å². The van der Waals surface area contributed by atoms with E-state index >= 15 is 0 Å². The van der Waals surface area contributed by atoms with Gasteiger partial charge in [-0.15, -0.1) is 11.3 Å². The van der Waals surface area contributed by atoms with Gasteiger partial charge in [0.2, 0.25) is 0 Å².